The van der Waals surface area contributed by atoms with Gasteiger partial charge in [0.15, 0.2) is 5.69 Å². The lowest BCUT2D eigenvalue weighted by Crippen LogP contribution is -2.11. The molecule has 0 radical (unpaired) electrons. The van der Waals surface area contributed by atoms with Gasteiger partial charge in [0, 0.05) is 18.3 Å². The van der Waals surface area contributed by atoms with Crippen LogP contribution in [0.3, 0.4) is 0 Å². The van der Waals surface area contributed by atoms with Crippen LogP contribution in [0, 0.1) is 0 Å². The van der Waals surface area contributed by atoms with E-state index in [2.05, 4.69) is 22.5 Å². The van der Waals surface area contributed by atoms with Gasteiger partial charge < -0.3 is 10.4 Å². The highest BCUT2D eigenvalue weighted by Gasteiger charge is 2.08. The summed E-state index contributed by atoms with van der Waals surface area (Å²) in [6.45, 7) is 0. The SMILES string of the molecule is O=C(CCCc1ccccc1)Nc1ccc(-n2ccc(C(=O)O)n2)cc1. The lowest BCUT2D eigenvalue weighted by molar-refractivity contribution is -0.116. The van der Waals surface area contributed by atoms with Gasteiger partial charge in [-0.25, -0.2) is 9.48 Å². The van der Waals surface area contributed by atoms with Crippen molar-refractivity contribution in [1.29, 1.82) is 0 Å². The molecule has 1 heterocycles. The molecule has 2 aromatic carbocycles. The predicted molar refractivity (Wildman–Crippen MR) is 98.5 cm³/mol. The fourth-order valence-corrected chi connectivity index (χ4v) is 2.60. The maximum absolute atomic E-state index is 12.0. The monoisotopic (exact) mass is 349 g/mol. The molecule has 132 valence electrons. The number of hydrogen-bond donors (Lipinski definition) is 2. The van der Waals surface area contributed by atoms with E-state index >= 15 is 0 Å². The van der Waals surface area contributed by atoms with Crippen LogP contribution in [0.15, 0.2) is 66.9 Å². The molecule has 0 saturated carbocycles. The second kappa shape index (κ2) is 8.11. The summed E-state index contributed by atoms with van der Waals surface area (Å²) in [5.74, 6) is -1.09. The number of aromatic nitrogens is 2. The second-order valence-electron chi connectivity index (χ2n) is 5.88. The third kappa shape index (κ3) is 4.57. The molecule has 0 atom stereocenters. The van der Waals surface area contributed by atoms with Gasteiger partial charge in [-0.2, -0.15) is 5.10 Å². The first-order valence-electron chi connectivity index (χ1n) is 8.35. The number of rotatable bonds is 7. The Hall–Kier alpha value is -3.41. The van der Waals surface area contributed by atoms with Crippen molar-refractivity contribution in [1.82, 2.24) is 9.78 Å². The molecule has 6 heteroatoms. The average Bonchev–Trinajstić information content (AvgIpc) is 3.14. The van der Waals surface area contributed by atoms with E-state index < -0.39 is 5.97 Å². The van der Waals surface area contributed by atoms with E-state index in [1.54, 1.807) is 30.5 Å². The number of benzene rings is 2. The number of aromatic carboxylic acids is 1. The highest BCUT2D eigenvalue weighted by Crippen LogP contribution is 2.14. The zero-order valence-electron chi connectivity index (χ0n) is 14.1. The van der Waals surface area contributed by atoms with Crippen molar-refractivity contribution in [3.63, 3.8) is 0 Å². The van der Waals surface area contributed by atoms with Crippen LogP contribution in [0.4, 0.5) is 5.69 Å². The van der Waals surface area contributed by atoms with Crippen LogP contribution in [0.2, 0.25) is 0 Å². The van der Waals surface area contributed by atoms with E-state index in [4.69, 9.17) is 5.11 Å². The molecule has 2 N–H and O–H groups in total. The molecule has 0 bridgehead atoms. The van der Waals surface area contributed by atoms with Crippen molar-refractivity contribution in [3.8, 4) is 5.69 Å². The molecular formula is C20H19N3O3. The summed E-state index contributed by atoms with van der Waals surface area (Å²) in [4.78, 5) is 22.9. The van der Waals surface area contributed by atoms with Gasteiger partial charge in [-0.05, 0) is 48.7 Å². The maximum atomic E-state index is 12.0. The first-order valence-corrected chi connectivity index (χ1v) is 8.35. The Morgan fingerprint density at radius 2 is 1.73 bits per heavy atom. The van der Waals surface area contributed by atoms with Crippen LogP contribution in [0.25, 0.3) is 5.69 Å². The van der Waals surface area contributed by atoms with Gasteiger partial charge in [0.2, 0.25) is 5.91 Å². The Bertz CT molecular complexity index is 886. The van der Waals surface area contributed by atoms with Gasteiger partial charge in [0.25, 0.3) is 0 Å². The number of carboxylic acid groups (broad SMARTS) is 1. The van der Waals surface area contributed by atoms with Crippen LogP contribution in [0.5, 0.6) is 0 Å². The first-order chi connectivity index (χ1) is 12.6. The standard InChI is InChI=1S/C20H19N3O3/c24-19(8-4-7-15-5-2-1-3-6-15)21-16-9-11-17(12-10-16)23-14-13-18(22-23)20(25)26/h1-3,5-6,9-14H,4,7-8H2,(H,21,24)(H,25,26). The maximum Gasteiger partial charge on any atom is 0.356 e. The number of nitrogens with zero attached hydrogens (tertiary/aromatic N) is 2. The molecule has 0 fully saturated rings. The van der Waals surface area contributed by atoms with Crippen molar-refractivity contribution in [2.75, 3.05) is 5.32 Å². The molecule has 0 aliphatic carbocycles. The minimum Gasteiger partial charge on any atom is -0.476 e. The Balaban J connectivity index is 1.51. The molecule has 0 unspecified atom stereocenters. The lowest BCUT2D eigenvalue weighted by atomic mass is 10.1. The number of carboxylic acids is 1. The summed E-state index contributed by atoms with van der Waals surface area (Å²) in [6.07, 6.45) is 3.70. The number of carbonyl (C=O) groups is 2. The number of carbonyl (C=O) groups excluding carboxylic acids is 1. The Morgan fingerprint density at radius 1 is 1.00 bits per heavy atom. The third-order valence-electron chi connectivity index (χ3n) is 3.94. The van der Waals surface area contributed by atoms with Crippen LogP contribution < -0.4 is 5.32 Å². The number of hydrogen-bond acceptors (Lipinski definition) is 3. The summed E-state index contributed by atoms with van der Waals surface area (Å²) in [7, 11) is 0. The highest BCUT2D eigenvalue weighted by molar-refractivity contribution is 5.90. The van der Waals surface area contributed by atoms with Gasteiger partial charge in [0.05, 0.1) is 5.69 Å². The van der Waals surface area contributed by atoms with Gasteiger partial charge in [-0.15, -0.1) is 0 Å². The van der Waals surface area contributed by atoms with Crippen LogP contribution >= 0.6 is 0 Å². The van der Waals surface area contributed by atoms with Gasteiger partial charge in [0.1, 0.15) is 0 Å². The van der Waals surface area contributed by atoms with Gasteiger partial charge in [-0.1, -0.05) is 30.3 Å². The largest absolute Gasteiger partial charge is 0.476 e. The minimum absolute atomic E-state index is 0.0132. The molecule has 3 rings (SSSR count). The van der Waals surface area contributed by atoms with Gasteiger partial charge >= 0.3 is 5.97 Å². The van der Waals surface area contributed by atoms with Gasteiger partial charge in [-0.3, -0.25) is 4.79 Å². The third-order valence-corrected chi connectivity index (χ3v) is 3.94. The Morgan fingerprint density at radius 3 is 2.38 bits per heavy atom. The van der Waals surface area contributed by atoms with Crippen molar-refractivity contribution in [3.05, 3.63) is 78.1 Å². The predicted octanol–water partition coefficient (Wildman–Crippen LogP) is 3.53. The molecule has 1 aromatic heterocycles. The lowest BCUT2D eigenvalue weighted by Gasteiger charge is -2.07. The van der Waals surface area contributed by atoms with Crippen molar-refractivity contribution in [2.45, 2.75) is 19.3 Å². The summed E-state index contributed by atoms with van der Waals surface area (Å²) in [5, 5.41) is 15.7. The Kier molecular flexibility index (Phi) is 5.43. The number of anilines is 1. The number of nitrogens with one attached hydrogen (secondary N) is 1. The summed E-state index contributed by atoms with van der Waals surface area (Å²) < 4.78 is 1.48. The number of amides is 1. The second-order valence-corrected chi connectivity index (χ2v) is 5.88. The van der Waals surface area contributed by atoms with E-state index in [1.165, 1.54) is 16.3 Å². The molecule has 6 nitrogen and oxygen atoms in total. The summed E-state index contributed by atoms with van der Waals surface area (Å²) in [6, 6.07) is 18.6. The quantitative estimate of drug-likeness (QED) is 0.683. The normalized spacial score (nSPS) is 10.5. The van der Waals surface area contributed by atoms with E-state index in [-0.39, 0.29) is 11.6 Å². The zero-order chi connectivity index (χ0) is 18.4. The number of aryl methyl sites for hydroxylation is 1. The topological polar surface area (TPSA) is 84.2 Å². The molecule has 1 amide bonds. The van der Waals surface area contributed by atoms with Crippen LogP contribution in [0.1, 0.15) is 28.9 Å². The van der Waals surface area contributed by atoms with Crippen molar-refractivity contribution < 1.29 is 14.7 Å². The smallest absolute Gasteiger partial charge is 0.356 e. The highest BCUT2D eigenvalue weighted by atomic mass is 16.4. The summed E-state index contributed by atoms with van der Waals surface area (Å²) >= 11 is 0. The average molecular weight is 349 g/mol. The molecule has 0 saturated heterocycles. The fraction of sp³-hybridized carbons (Fsp3) is 0.150. The molecular weight excluding hydrogens is 330 g/mol. The van der Waals surface area contributed by atoms with E-state index in [0.29, 0.717) is 12.1 Å². The van der Waals surface area contributed by atoms with E-state index in [9.17, 15) is 9.59 Å². The fourth-order valence-electron chi connectivity index (χ4n) is 2.60. The van der Waals surface area contributed by atoms with Crippen LogP contribution in [-0.2, 0) is 11.2 Å². The van der Waals surface area contributed by atoms with Crippen LogP contribution in [-0.4, -0.2) is 26.8 Å². The van der Waals surface area contributed by atoms with Crippen molar-refractivity contribution in [2.24, 2.45) is 0 Å². The molecule has 0 spiro atoms. The van der Waals surface area contributed by atoms with E-state index in [0.717, 1.165) is 18.5 Å². The van der Waals surface area contributed by atoms with Crippen molar-refractivity contribution >= 4 is 17.6 Å². The molecule has 0 aliphatic heterocycles. The molecule has 3 aromatic rings. The molecule has 0 aliphatic rings. The Labute approximate surface area is 151 Å². The van der Waals surface area contributed by atoms with E-state index in [1.807, 2.05) is 18.2 Å². The first kappa shape index (κ1) is 17.4. The minimum atomic E-state index is -1.07. The summed E-state index contributed by atoms with van der Waals surface area (Å²) in [5.41, 5.74) is 2.63. The zero-order valence-corrected chi connectivity index (χ0v) is 14.1. The molecule has 26 heavy (non-hydrogen) atoms.